The highest BCUT2D eigenvalue weighted by Crippen LogP contribution is 2.28. The average molecular weight is 328 g/mol. The molecule has 2 aromatic carbocycles. The maximum absolute atomic E-state index is 13.2. The first-order valence-electron chi connectivity index (χ1n) is 7.23. The van der Waals surface area contributed by atoms with Crippen LogP contribution in [-0.2, 0) is 5.92 Å². The first-order valence-corrected chi connectivity index (χ1v) is 7.23. The van der Waals surface area contributed by atoms with Crippen molar-refractivity contribution >= 4 is 5.97 Å². The van der Waals surface area contributed by atoms with Gasteiger partial charge in [-0.15, -0.1) is 0 Å². The van der Waals surface area contributed by atoms with Crippen LogP contribution in [0.25, 0.3) is 16.9 Å². The molecule has 4 nitrogen and oxygen atoms in total. The van der Waals surface area contributed by atoms with Gasteiger partial charge in [-0.3, -0.25) is 0 Å². The predicted molar refractivity (Wildman–Crippen MR) is 85.5 cm³/mol. The van der Waals surface area contributed by atoms with Crippen molar-refractivity contribution in [1.29, 1.82) is 0 Å². The van der Waals surface area contributed by atoms with Gasteiger partial charge in [-0.25, -0.2) is 18.3 Å². The van der Waals surface area contributed by atoms with Crippen molar-refractivity contribution in [3.8, 4) is 16.9 Å². The molecule has 0 amide bonds. The molecular formula is C18H14F2N2O2. The number of aromatic nitrogens is 2. The van der Waals surface area contributed by atoms with Crippen LogP contribution in [0.4, 0.5) is 8.78 Å². The third-order valence-corrected chi connectivity index (χ3v) is 3.63. The normalized spacial score (nSPS) is 11.5. The number of hydrogen-bond acceptors (Lipinski definition) is 2. The fourth-order valence-corrected chi connectivity index (χ4v) is 2.34. The third kappa shape index (κ3) is 3.17. The van der Waals surface area contributed by atoms with Gasteiger partial charge < -0.3 is 5.11 Å². The van der Waals surface area contributed by atoms with Crippen LogP contribution in [0.5, 0.6) is 0 Å². The Balaban J connectivity index is 1.91. The number of halogens is 2. The van der Waals surface area contributed by atoms with E-state index < -0.39 is 11.9 Å². The summed E-state index contributed by atoms with van der Waals surface area (Å²) in [6, 6.07) is 14.1. The van der Waals surface area contributed by atoms with E-state index in [1.807, 2.05) is 0 Å². The summed E-state index contributed by atoms with van der Waals surface area (Å²) in [6.45, 7) is 0.853. The number of carboxylic acids is 1. The molecule has 0 atom stereocenters. The van der Waals surface area contributed by atoms with Gasteiger partial charge in [-0.1, -0.05) is 30.3 Å². The zero-order valence-electron chi connectivity index (χ0n) is 12.8. The lowest BCUT2D eigenvalue weighted by atomic mass is 10.1. The minimum atomic E-state index is -2.88. The quantitative estimate of drug-likeness (QED) is 0.775. The molecule has 1 N–H and O–H groups in total. The maximum Gasteiger partial charge on any atom is 0.335 e. The maximum atomic E-state index is 13.2. The lowest BCUT2D eigenvalue weighted by molar-refractivity contribution is 0.0175. The zero-order valence-corrected chi connectivity index (χ0v) is 12.8. The van der Waals surface area contributed by atoms with Crippen molar-refractivity contribution in [2.45, 2.75) is 12.8 Å². The second-order valence-electron chi connectivity index (χ2n) is 5.47. The van der Waals surface area contributed by atoms with Crippen LogP contribution >= 0.6 is 0 Å². The Morgan fingerprint density at radius 2 is 1.83 bits per heavy atom. The average Bonchev–Trinajstić information content (AvgIpc) is 3.04. The smallest absolute Gasteiger partial charge is 0.335 e. The molecule has 0 spiro atoms. The highest BCUT2D eigenvalue weighted by atomic mass is 19.3. The van der Waals surface area contributed by atoms with Gasteiger partial charge >= 0.3 is 5.97 Å². The molecule has 0 saturated carbocycles. The van der Waals surface area contributed by atoms with Gasteiger partial charge in [0.05, 0.1) is 16.9 Å². The fourth-order valence-electron chi connectivity index (χ4n) is 2.34. The van der Waals surface area contributed by atoms with Crippen LogP contribution in [0.3, 0.4) is 0 Å². The minimum absolute atomic E-state index is 0.0557. The van der Waals surface area contributed by atoms with Crippen molar-refractivity contribution < 1.29 is 18.7 Å². The molecule has 3 aromatic rings. The van der Waals surface area contributed by atoms with E-state index in [-0.39, 0.29) is 11.1 Å². The molecule has 122 valence electrons. The molecular weight excluding hydrogens is 314 g/mol. The minimum Gasteiger partial charge on any atom is -0.478 e. The zero-order chi connectivity index (χ0) is 17.3. The summed E-state index contributed by atoms with van der Waals surface area (Å²) in [5.74, 6) is -3.89. The lowest BCUT2D eigenvalue weighted by Gasteiger charge is -2.10. The van der Waals surface area contributed by atoms with Gasteiger partial charge in [-0.2, -0.15) is 5.10 Å². The summed E-state index contributed by atoms with van der Waals surface area (Å²) in [5.41, 5.74) is 2.04. The Labute approximate surface area is 137 Å². The number of alkyl halides is 2. The van der Waals surface area contributed by atoms with Crippen LogP contribution in [-0.4, -0.2) is 20.9 Å². The molecule has 0 bridgehead atoms. The highest BCUT2D eigenvalue weighted by Gasteiger charge is 2.23. The molecule has 1 heterocycles. The van der Waals surface area contributed by atoms with Crippen LogP contribution in [0.2, 0.25) is 0 Å². The lowest BCUT2D eigenvalue weighted by Crippen LogP contribution is -2.06. The Kier molecular flexibility index (Phi) is 3.89. The topological polar surface area (TPSA) is 55.1 Å². The van der Waals surface area contributed by atoms with Gasteiger partial charge in [0.2, 0.25) is 0 Å². The Morgan fingerprint density at radius 1 is 1.12 bits per heavy atom. The first kappa shape index (κ1) is 15.9. The van der Waals surface area contributed by atoms with Crippen LogP contribution in [0.1, 0.15) is 22.8 Å². The molecule has 0 unspecified atom stereocenters. The Hall–Kier alpha value is -3.02. The molecule has 0 aliphatic heterocycles. The van der Waals surface area contributed by atoms with E-state index in [0.717, 1.165) is 6.92 Å². The van der Waals surface area contributed by atoms with E-state index in [1.54, 1.807) is 41.2 Å². The Morgan fingerprint density at radius 3 is 2.46 bits per heavy atom. The third-order valence-electron chi connectivity index (χ3n) is 3.63. The van der Waals surface area contributed by atoms with Crippen molar-refractivity contribution in [2.75, 3.05) is 0 Å². The summed E-state index contributed by atoms with van der Waals surface area (Å²) in [5, 5.41) is 13.4. The second kappa shape index (κ2) is 5.88. The Bertz CT molecular complexity index is 881. The summed E-state index contributed by atoms with van der Waals surface area (Å²) < 4.78 is 28.0. The molecule has 24 heavy (non-hydrogen) atoms. The van der Waals surface area contributed by atoms with Crippen LogP contribution in [0.15, 0.2) is 60.8 Å². The molecule has 0 fully saturated rings. The van der Waals surface area contributed by atoms with E-state index in [4.69, 9.17) is 5.11 Å². The molecule has 6 heteroatoms. The van der Waals surface area contributed by atoms with E-state index in [9.17, 15) is 13.6 Å². The van der Waals surface area contributed by atoms with E-state index in [2.05, 4.69) is 5.10 Å². The summed E-state index contributed by atoms with van der Waals surface area (Å²) >= 11 is 0. The number of carbonyl (C=O) groups is 1. The van der Waals surface area contributed by atoms with E-state index >= 15 is 0 Å². The number of benzene rings is 2. The number of nitrogens with zero attached hydrogens (tertiary/aromatic N) is 2. The molecule has 0 aliphatic rings. The van der Waals surface area contributed by atoms with Crippen LogP contribution in [0, 0.1) is 0 Å². The molecule has 0 saturated heterocycles. The number of rotatable bonds is 4. The summed E-state index contributed by atoms with van der Waals surface area (Å²) in [6.07, 6.45) is 1.69. The predicted octanol–water partition coefficient (Wildman–Crippen LogP) is 4.35. The van der Waals surface area contributed by atoms with Gasteiger partial charge in [0.25, 0.3) is 5.92 Å². The summed E-state index contributed by atoms with van der Waals surface area (Å²) in [7, 11) is 0. The monoisotopic (exact) mass is 328 g/mol. The van der Waals surface area contributed by atoms with Crippen molar-refractivity contribution in [3.63, 3.8) is 0 Å². The van der Waals surface area contributed by atoms with Gasteiger partial charge in [0.1, 0.15) is 0 Å². The number of aromatic carboxylic acids is 1. The largest absolute Gasteiger partial charge is 0.478 e. The van der Waals surface area contributed by atoms with E-state index in [0.29, 0.717) is 16.9 Å². The fraction of sp³-hybridized carbons (Fsp3) is 0.111. The standard InChI is InChI=1S/C18H14F2N2O2/c1-18(19,20)14-7-5-12(6-8-14)16-9-10-22(21-16)15-4-2-3-13(11-15)17(23)24/h2-11H,1H3,(H,23,24). The SMILES string of the molecule is CC(F)(F)c1ccc(-c2ccn(-c3cccc(C(=O)O)c3)n2)cc1. The first-order chi connectivity index (χ1) is 11.3. The van der Waals surface area contributed by atoms with Crippen molar-refractivity contribution in [3.05, 3.63) is 71.9 Å². The van der Waals surface area contributed by atoms with Crippen molar-refractivity contribution in [1.82, 2.24) is 9.78 Å². The molecule has 0 aliphatic carbocycles. The molecule has 0 radical (unpaired) electrons. The van der Waals surface area contributed by atoms with Gasteiger partial charge in [0.15, 0.2) is 0 Å². The molecule has 3 rings (SSSR count). The number of carboxylic acid groups (broad SMARTS) is 1. The second-order valence-corrected chi connectivity index (χ2v) is 5.47. The highest BCUT2D eigenvalue weighted by molar-refractivity contribution is 5.88. The van der Waals surface area contributed by atoms with Crippen molar-refractivity contribution in [2.24, 2.45) is 0 Å². The van der Waals surface area contributed by atoms with E-state index in [1.165, 1.54) is 24.3 Å². The van der Waals surface area contributed by atoms with Crippen LogP contribution < -0.4 is 0 Å². The van der Waals surface area contributed by atoms with Gasteiger partial charge in [-0.05, 0) is 24.3 Å². The van der Waals surface area contributed by atoms with Gasteiger partial charge in [0, 0.05) is 24.2 Å². The number of hydrogen-bond donors (Lipinski definition) is 1. The molecule has 1 aromatic heterocycles. The summed E-state index contributed by atoms with van der Waals surface area (Å²) in [4.78, 5) is 11.0.